The summed E-state index contributed by atoms with van der Waals surface area (Å²) in [6.07, 6.45) is 5.53. The minimum absolute atomic E-state index is 0.115. The van der Waals surface area contributed by atoms with Crippen molar-refractivity contribution in [1.29, 1.82) is 0 Å². The number of carbonyl (C=O) groups is 1. The van der Waals surface area contributed by atoms with E-state index >= 15 is 0 Å². The molecule has 0 atom stereocenters. The van der Waals surface area contributed by atoms with Crippen molar-refractivity contribution in [3.05, 3.63) is 96.7 Å². The van der Waals surface area contributed by atoms with Gasteiger partial charge >= 0.3 is 11.7 Å². The number of ether oxygens (including phenoxy) is 1. The molecule has 3 aromatic heterocycles. The van der Waals surface area contributed by atoms with E-state index in [-0.39, 0.29) is 11.4 Å². The third-order valence-corrected chi connectivity index (χ3v) is 9.37. The molecule has 2 aromatic carbocycles. The Morgan fingerprint density at radius 2 is 1.66 bits per heavy atom. The molecule has 3 heterocycles. The fourth-order valence-electron chi connectivity index (χ4n) is 5.93. The number of benzene rings is 2. The molecule has 0 bridgehead atoms. The molecule has 0 aliphatic heterocycles. The second-order valence-corrected chi connectivity index (χ2v) is 12.4. The van der Waals surface area contributed by atoms with Crippen molar-refractivity contribution < 1.29 is 9.53 Å². The molecule has 12 nitrogen and oxygen atoms in total. The number of urea groups is 1. The van der Waals surface area contributed by atoms with E-state index in [2.05, 4.69) is 32.3 Å². The van der Waals surface area contributed by atoms with Gasteiger partial charge in [-0.15, -0.1) is 0 Å². The number of aryl methyl sites for hydroxylation is 2. The first-order chi connectivity index (χ1) is 24.1. The number of carbonyl (C=O) groups excluding carboxylic acids is 1. The Kier molecular flexibility index (Phi) is 11.8. The molecule has 14 heteroatoms. The van der Waals surface area contributed by atoms with Crippen molar-refractivity contribution in [2.24, 2.45) is 14.1 Å². The molecular weight excluding hydrogens is 679 g/mol. The van der Waals surface area contributed by atoms with Crippen LogP contribution in [0.1, 0.15) is 24.0 Å². The van der Waals surface area contributed by atoms with E-state index in [9.17, 15) is 14.4 Å². The fraction of sp³-hybridized carbons (Fsp3) is 0.306. The minimum Gasteiger partial charge on any atom is -0.481 e. The third-order valence-electron chi connectivity index (χ3n) is 8.56. The number of nitrogens with zero attached hydrogens (tertiary/aromatic N) is 4. The maximum absolute atomic E-state index is 13.0. The van der Waals surface area contributed by atoms with Crippen LogP contribution in [-0.4, -0.2) is 59.4 Å². The van der Waals surface area contributed by atoms with Gasteiger partial charge in [-0.2, -0.15) is 0 Å². The number of pyridine rings is 2. The molecule has 0 saturated heterocycles. The number of methoxy groups -OCH3 is 1. The van der Waals surface area contributed by atoms with Crippen LogP contribution in [0.3, 0.4) is 0 Å². The van der Waals surface area contributed by atoms with E-state index in [1.165, 1.54) is 17.2 Å². The molecular formula is C36H40Cl2N8O4. The molecule has 1 aliphatic rings. The lowest BCUT2D eigenvalue weighted by atomic mass is 9.99. The molecule has 2 amide bonds. The van der Waals surface area contributed by atoms with E-state index < -0.39 is 11.2 Å². The highest BCUT2D eigenvalue weighted by Gasteiger charge is 2.22. The van der Waals surface area contributed by atoms with E-state index in [0.717, 1.165) is 65.7 Å². The molecule has 1 aliphatic carbocycles. The van der Waals surface area contributed by atoms with Gasteiger partial charge in [0, 0.05) is 56.1 Å². The van der Waals surface area contributed by atoms with Crippen molar-refractivity contribution in [1.82, 2.24) is 35.1 Å². The Hall–Kier alpha value is -4.91. The number of anilines is 2. The smallest absolute Gasteiger partial charge is 0.330 e. The monoisotopic (exact) mass is 718 g/mol. The lowest BCUT2D eigenvalue weighted by Crippen LogP contribution is -2.37. The quantitative estimate of drug-likeness (QED) is 0.148. The summed E-state index contributed by atoms with van der Waals surface area (Å²) >= 11 is 14.0. The van der Waals surface area contributed by atoms with Gasteiger partial charge in [0.1, 0.15) is 11.2 Å². The van der Waals surface area contributed by atoms with Gasteiger partial charge in [-0.05, 0) is 63.0 Å². The summed E-state index contributed by atoms with van der Waals surface area (Å²) < 4.78 is 8.06. The number of aromatic nitrogens is 4. The molecule has 5 aromatic rings. The number of fused-ring (bicyclic) bond motifs is 2. The van der Waals surface area contributed by atoms with Gasteiger partial charge in [-0.3, -0.25) is 13.9 Å². The lowest BCUT2D eigenvalue weighted by Gasteiger charge is -2.16. The van der Waals surface area contributed by atoms with Gasteiger partial charge in [0.05, 0.1) is 34.1 Å². The van der Waals surface area contributed by atoms with E-state index in [0.29, 0.717) is 38.5 Å². The Balaban J connectivity index is 0.000000425. The summed E-state index contributed by atoms with van der Waals surface area (Å²) in [5.74, 6) is 0.934. The van der Waals surface area contributed by atoms with Crippen LogP contribution in [0.4, 0.5) is 16.3 Å². The van der Waals surface area contributed by atoms with Crippen LogP contribution >= 0.6 is 23.2 Å². The predicted molar refractivity (Wildman–Crippen MR) is 200 cm³/mol. The number of nitrogens with one attached hydrogen (secondary N) is 4. The SMILES string of the molecule is CNCCCNC(=O)NC.COc1nc(-c2cccc(-c3cccc(Nc4nccc5c4c(=O)n(C)c(=O)n5C)c3Cl)c2Cl)cc2c1CCC2. The molecule has 6 rings (SSSR count). The summed E-state index contributed by atoms with van der Waals surface area (Å²) in [6, 6.07) is 14.9. The van der Waals surface area contributed by atoms with Crippen LogP contribution in [0.2, 0.25) is 10.0 Å². The van der Waals surface area contributed by atoms with E-state index in [1.807, 2.05) is 37.4 Å². The maximum atomic E-state index is 13.0. The largest absolute Gasteiger partial charge is 0.481 e. The van der Waals surface area contributed by atoms with Crippen LogP contribution < -0.4 is 37.3 Å². The summed E-state index contributed by atoms with van der Waals surface area (Å²) in [7, 11) is 8.19. The topological polar surface area (TPSA) is 144 Å². The second kappa shape index (κ2) is 16.2. The number of halogens is 2. The van der Waals surface area contributed by atoms with Crippen LogP contribution in [0, 0.1) is 0 Å². The van der Waals surface area contributed by atoms with Crippen LogP contribution in [0.5, 0.6) is 5.88 Å². The molecule has 0 unspecified atom stereocenters. The Bertz CT molecular complexity index is 2170. The molecule has 4 N–H and O–H groups in total. The highest BCUT2D eigenvalue weighted by Crippen LogP contribution is 2.43. The van der Waals surface area contributed by atoms with Gasteiger partial charge in [-0.1, -0.05) is 53.5 Å². The number of hydrogen-bond donors (Lipinski definition) is 4. The summed E-state index contributed by atoms with van der Waals surface area (Å²) in [4.78, 5) is 45.1. The zero-order chi connectivity index (χ0) is 35.9. The summed E-state index contributed by atoms with van der Waals surface area (Å²) in [5.41, 5.74) is 5.49. The zero-order valence-corrected chi connectivity index (χ0v) is 30.1. The maximum Gasteiger partial charge on any atom is 0.330 e. The number of rotatable bonds is 9. The molecule has 0 spiro atoms. The Labute approximate surface area is 299 Å². The number of amides is 2. The highest BCUT2D eigenvalue weighted by molar-refractivity contribution is 6.39. The number of hydrogen-bond acceptors (Lipinski definition) is 8. The Morgan fingerprint density at radius 3 is 2.38 bits per heavy atom. The minimum atomic E-state index is -0.450. The van der Waals surface area contributed by atoms with Gasteiger partial charge in [0.25, 0.3) is 5.56 Å². The lowest BCUT2D eigenvalue weighted by molar-refractivity contribution is 0.243. The molecule has 0 saturated carbocycles. The van der Waals surface area contributed by atoms with Crippen molar-refractivity contribution in [3.8, 4) is 28.3 Å². The normalized spacial score (nSPS) is 11.8. The molecule has 50 heavy (non-hydrogen) atoms. The fourth-order valence-corrected chi connectivity index (χ4v) is 6.53. The van der Waals surface area contributed by atoms with Gasteiger partial charge < -0.3 is 26.0 Å². The van der Waals surface area contributed by atoms with Crippen LogP contribution in [0.25, 0.3) is 33.3 Å². The summed E-state index contributed by atoms with van der Waals surface area (Å²) in [6.45, 7) is 1.66. The first-order valence-corrected chi connectivity index (χ1v) is 16.9. The first-order valence-electron chi connectivity index (χ1n) is 16.2. The van der Waals surface area contributed by atoms with Crippen LogP contribution in [-0.2, 0) is 26.9 Å². The summed E-state index contributed by atoms with van der Waals surface area (Å²) in [5, 5.41) is 12.5. The average molecular weight is 720 g/mol. The molecule has 262 valence electrons. The van der Waals surface area contributed by atoms with E-state index in [4.69, 9.17) is 32.9 Å². The van der Waals surface area contributed by atoms with Crippen molar-refractivity contribution in [2.75, 3.05) is 39.6 Å². The molecule has 0 radical (unpaired) electrons. The van der Waals surface area contributed by atoms with Gasteiger partial charge in [0.15, 0.2) is 0 Å². The highest BCUT2D eigenvalue weighted by atomic mass is 35.5. The second-order valence-electron chi connectivity index (χ2n) is 11.7. The van der Waals surface area contributed by atoms with Crippen molar-refractivity contribution >= 4 is 51.6 Å². The standard InChI is InChI=1S/C30H25Cl2N5O3.C6H15N3O/c1-36-23-13-14-33-27(24(23)29(38)37(2)30(36)39)34-21-12-6-10-19(26(21)32)18-9-5-11-20(25(18)31)22-15-16-7-4-8-17(16)28(35-22)40-3;1-7-4-3-5-9-6(10)8-2/h5-6,9-15H,4,7-8H2,1-3H3,(H,33,34);7H,3-5H2,1-2H3,(H2,8,9,10). The van der Waals surface area contributed by atoms with E-state index in [1.54, 1.807) is 39.5 Å². The van der Waals surface area contributed by atoms with Gasteiger partial charge in [-0.25, -0.2) is 19.6 Å². The molecule has 0 fully saturated rings. The first kappa shape index (κ1) is 36.4. The van der Waals surface area contributed by atoms with Crippen molar-refractivity contribution in [3.63, 3.8) is 0 Å². The van der Waals surface area contributed by atoms with Crippen LogP contribution in [0.15, 0.2) is 64.3 Å². The van der Waals surface area contributed by atoms with Crippen molar-refractivity contribution in [2.45, 2.75) is 25.7 Å². The third kappa shape index (κ3) is 7.47. The predicted octanol–water partition coefficient (Wildman–Crippen LogP) is 5.43. The average Bonchev–Trinajstić information content (AvgIpc) is 3.61. The zero-order valence-electron chi connectivity index (χ0n) is 28.6. The van der Waals surface area contributed by atoms with Gasteiger partial charge in [0.2, 0.25) is 5.88 Å². The Morgan fingerprint density at radius 1 is 0.940 bits per heavy atom.